The van der Waals surface area contributed by atoms with Crippen LogP contribution in [0.2, 0.25) is 0 Å². The highest BCUT2D eigenvalue weighted by Crippen LogP contribution is 2.31. The predicted molar refractivity (Wildman–Crippen MR) is 94.2 cm³/mol. The summed E-state index contributed by atoms with van der Waals surface area (Å²) in [4.78, 5) is 25.1. The van der Waals surface area contributed by atoms with Crippen LogP contribution in [0, 0.1) is 17.2 Å². The summed E-state index contributed by atoms with van der Waals surface area (Å²) in [5, 5.41) is 16.1. The standard InChI is InChI=1S/C19H13F3N4O2/c1-26-15-8-3-2-7-13(15)16(25-26)17(27)14(10-23)18(28)24-12-6-4-5-11(9-12)19(20,21)22/h2-9,14H,1H3,(H,24,28). The minimum atomic E-state index is -4.59. The molecule has 0 saturated carbocycles. The summed E-state index contributed by atoms with van der Waals surface area (Å²) in [5.74, 6) is -3.61. The Balaban J connectivity index is 1.88. The first-order chi connectivity index (χ1) is 13.2. The van der Waals surface area contributed by atoms with E-state index in [1.54, 1.807) is 37.4 Å². The first kappa shape index (κ1) is 19.1. The second kappa shape index (κ2) is 7.15. The summed E-state index contributed by atoms with van der Waals surface area (Å²) in [6.45, 7) is 0. The van der Waals surface area contributed by atoms with Crippen molar-refractivity contribution < 1.29 is 22.8 Å². The number of hydrogen-bond donors (Lipinski definition) is 1. The van der Waals surface area contributed by atoms with Crippen LogP contribution in [0.3, 0.4) is 0 Å². The Labute approximate surface area is 157 Å². The van der Waals surface area contributed by atoms with E-state index in [-0.39, 0.29) is 11.4 Å². The number of alkyl halides is 3. The van der Waals surface area contributed by atoms with Crippen LogP contribution in [0.5, 0.6) is 0 Å². The molecule has 6 nitrogen and oxygen atoms in total. The second-order valence-electron chi connectivity index (χ2n) is 5.98. The summed E-state index contributed by atoms with van der Waals surface area (Å²) in [6, 6.07) is 12.3. The van der Waals surface area contributed by atoms with Crippen molar-refractivity contribution in [3.63, 3.8) is 0 Å². The van der Waals surface area contributed by atoms with Crippen LogP contribution < -0.4 is 5.32 Å². The maximum atomic E-state index is 12.8. The minimum Gasteiger partial charge on any atom is -0.325 e. The van der Waals surface area contributed by atoms with Gasteiger partial charge in [-0.1, -0.05) is 24.3 Å². The molecule has 28 heavy (non-hydrogen) atoms. The second-order valence-corrected chi connectivity index (χ2v) is 5.98. The summed E-state index contributed by atoms with van der Waals surface area (Å²) < 4.78 is 39.8. The number of rotatable bonds is 4. The SMILES string of the molecule is Cn1nc(C(=O)C(C#N)C(=O)Nc2cccc(C(F)(F)F)c2)c2ccccc21. The highest BCUT2D eigenvalue weighted by Gasteiger charge is 2.33. The fourth-order valence-corrected chi connectivity index (χ4v) is 2.76. The van der Waals surface area contributed by atoms with Crippen molar-refractivity contribution in [3.05, 3.63) is 59.8 Å². The number of nitrogens with zero attached hydrogens (tertiary/aromatic N) is 3. The van der Waals surface area contributed by atoms with Crippen molar-refractivity contribution in [3.8, 4) is 6.07 Å². The van der Waals surface area contributed by atoms with E-state index in [9.17, 15) is 28.0 Å². The van der Waals surface area contributed by atoms with Crippen molar-refractivity contribution in [2.75, 3.05) is 5.32 Å². The number of halogens is 3. The van der Waals surface area contributed by atoms with Crippen molar-refractivity contribution >= 4 is 28.3 Å². The molecule has 3 rings (SSSR count). The lowest BCUT2D eigenvalue weighted by molar-refractivity contribution is -0.137. The molecule has 0 radical (unpaired) electrons. The Morgan fingerprint density at radius 3 is 2.57 bits per heavy atom. The molecule has 0 aliphatic heterocycles. The fourth-order valence-electron chi connectivity index (χ4n) is 2.76. The first-order valence-electron chi connectivity index (χ1n) is 8.06. The molecule has 3 aromatic rings. The summed E-state index contributed by atoms with van der Waals surface area (Å²) in [5.41, 5.74) is -0.538. The molecule has 0 saturated heterocycles. The molecule has 1 heterocycles. The number of ketones is 1. The zero-order chi connectivity index (χ0) is 20.5. The minimum absolute atomic E-state index is 0.0520. The van der Waals surface area contributed by atoms with Gasteiger partial charge in [-0.15, -0.1) is 0 Å². The zero-order valence-electron chi connectivity index (χ0n) is 14.5. The number of aromatic nitrogens is 2. The van der Waals surface area contributed by atoms with E-state index in [4.69, 9.17) is 0 Å². The van der Waals surface area contributed by atoms with Crippen LogP contribution in [0.25, 0.3) is 10.9 Å². The number of para-hydroxylation sites is 1. The first-order valence-corrected chi connectivity index (χ1v) is 8.06. The van der Waals surface area contributed by atoms with Gasteiger partial charge in [-0.2, -0.15) is 23.5 Å². The number of amides is 1. The van der Waals surface area contributed by atoms with Crippen molar-refractivity contribution in [1.82, 2.24) is 9.78 Å². The van der Waals surface area contributed by atoms with Crippen molar-refractivity contribution in [1.29, 1.82) is 5.26 Å². The Bertz CT molecular complexity index is 1110. The van der Waals surface area contributed by atoms with Gasteiger partial charge < -0.3 is 5.32 Å². The van der Waals surface area contributed by atoms with Gasteiger partial charge in [-0.05, 0) is 24.3 Å². The number of hydrogen-bond acceptors (Lipinski definition) is 4. The van der Waals surface area contributed by atoms with E-state index in [0.29, 0.717) is 10.9 Å². The van der Waals surface area contributed by atoms with Crippen LogP contribution in [0.15, 0.2) is 48.5 Å². The smallest absolute Gasteiger partial charge is 0.325 e. The van der Waals surface area contributed by atoms with E-state index < -0.39 is 29.3 Å². The van der Waals surface area contributed by atoms with Gasteiger partial charge in [0.2, 0.25) is 11.7 Å². The van der Waals surface area contributed by atoms with Gasteiger partial charge in [0, 0.05) is 18.1 Å². The third-order valence-electron chi connectivity index (χ3n) is 4.10. The molecular formula is C19H13F3N4O2. The van der Waals surface area contributed by atoms with Crippen LogP contribution in [-0.2, 0) is 18.0 Å². The molecule has 1 aromatic heterocycles. The summed E-state index contributed by atoms with van der Waals surface area (Å²) in [7, 11) is 1.61. The average molecular weight is 386 g/mol. The highest BCUT2D eigenvalue weighted by atomic mass is 19.4. The summed E-state index contributed by atoms with van der Waals surface area (Å²) in [6.07, 6.45) is -4.59. The average Bonchev–Trinajstić information content (AvgIpc) is 2.99. The lowest BCUT2D eigenvalue weighted by Crippen LogP contribution is -2.29. The van der Waals surface area contributed by atoms with Crippen molar-refractivity contribution in [2.24, 2.45) is 13.0 Å². The fraction of sp³-hybridized carbons (Fsp3) is 0.158. The normalized spacial score (nSPS) is 12.4. The number of nitriles is 1. The van der Waals surface area contributed by atoms with Gasteiger partial charge in [0.15, 0.2) is 5.92 Å². The molecular weight excluding hydrogens is 373 g/mol. The van der Waals surface area contributed by atoms with Crippen LogP contribution >= 0.6 is 0 Å². The van der Waals surface area contributed by atoms with Crippen molar-refractivity contribution in [2.45, 2.75) is 6.18 Å². The molecule has 0 aliphatic rings. The quantitative estimate of drug-likeness (QED) is 0.549. The Morgan fingerprint density at radius 2 is 1.89 bits per heavy atom. The Kier molecular flexibility index (Phi) is 4.88. The molecule has 1 unspecified atom stereocenters. The molecule has 1 amide bonds. The van der Waals surface area contributed by atoms with E-state index in [1.807, 2.05) is 0 Å². The number of carbonyl (C=O) groups is 2. The molecule has 1 N–H and O–H groups in total. The Hall–Kier alpha value is -3.67. The van der Waals surface area contributed by atoms with Gasteiger partial charge in [0.05, 0.1) is 17.1 Å². The molecule has 0 fully saturated rings. The number of aryl methyl sites for hydroxylation is 1. The van der Waals surface area contributed by atoms with Gasteiger partial charge in [-0.3, -0.25) is 14.3 Å². The molecule has 0 aliphatic carbocycles. The van der Waals surface area contributed by atoms with Gasteiger partial charge in [0.1, 0.15) is 5.69 Å². The third kappa shape index (κ3) is 3.57. The van der Waals surface area contributed by atoms with E-state index in [0.717, 1.165) is 18.2 Å². The molecule has 2 aromatic carbocycles. The highest BCUT2D eigenvalue weighted by molar-refractivity contribution is 6.18. The van der Waals surface area contributed by atoms with Gasteiger partial charge in [0.25, 0.3) is 0 Å². The lowest BCUT2D eigenvalue weighted by Gasteiger charge is -2.11. The lowest BCUT2D eigenvalue weighted by atomic mass is 10.00. The predicted octanol–water partition coefficient (Wildman–Crippen LogP) is 3.55. The largest absolute Gasteiger partial charge is 0.416 e. The molecule has 0 bridgehead atoms. The third-order valence-corrected chi connectivity index (χ3v) is 4.10. The topological polar surface area (TPSA) is 87.8 Å². The van der Waals surface area contributed by atoms with E-state index in [2.05, 4.69) is 10.4 Å². The maximum absolute atomic E-state index is 12.8. The van der Waals surface area contributed by atoms with Gasteiger partial charge >= 0.3 is 6.18 Å². The number of carbonyl (C=O) groups excluding carboxylic acids is 2. The number of Topliss-reactive ketones (excluding diaryl/α,β-unsaturated/α-hetero) is 1. The Morgan fingerprint density at radius 1 is 1.18 bits per heavy atom. The molecule has 0 spiro atoms. The molecule has 9 heteroatoms. The zero-order valence-corrected chi connectivity index (χ0v) is 14.5. The molecule has 142 valence electrons. The number of anilines is 1. The maximum Gasteiger partial charge on any atom is 0.416 e. The number of nitrogens with one attached hydrogen (secondary N) is 1. The molecule has 1 atom stereocenters. The summed E-state index contributed by atoms with van der Waals surface area (Å²) >= 11 is 0. The van der Waals surface area contributed by atoms with E-state index >= 15 is 0 Å². The van der Waals surface area contributed by atoms with Crippen LogP contribution in [-0.4, -0.2) is 21.5 Å². The monoisotopic (exact) mass is 386 g/mol. The van der Waals surface area contributed by atoms with Gasteiger partial charge in [-0.25, -0.2) is 0 Å². The van der Waals surface area contributed by atoms with Crippen LogP contribution in [0.4, 0.5) is 18.9 Å². The number of benzene rings is 2. The van der Waals surface area contributed by atoms with Crippen LogP contribution in [0.1, 0.15) is 16.1 Å². The number of fused-ring (bicyclic) bond motifs is 1. The van der Waals surface area contributed by atoms with E-state index in [1.165, 1.54) is 10.7 Å².